The second-order valence-electron chi connectivity index (χ2n) is 5.61. The molecule has 0 saturated heterocycles. The molecule has 27 heavy (non-hydrogen) atoms. The van der Waals surface area contributed by atoms with Crippen LogP contribution in [0.2, 0.25) is 0 Å². The minimum absolute atomic E-state index is 0.346. The van der Waals surface area contributed by atoms with Crippen LogP contribution in [-0.2, 0) is 0 Å². The Balaban J connectivity index is 1.65. The molecular formula is C19H15FN6O. The van der Waals surface area contributed by atoms with Crippen molar-refractivity contribution in [3.8, 4) is 11.4 Å². The van der Waals surface area contributed by atoms with Crippen molar-refractivity contribution in [1.29, 1.82) is 0 Å². The molecule has 0 atom stereocenters. The third-order valence-electron chi connectivity index (χ3n) is 3.94. The van der Waals surface area contributed by atoms with Crippen molar-refractivity contribution < 1.29 is 9.13 Å². The van der Waals surface area contributed by atoms with Crippen molar-refractivity contribution in [2.24, 2.45) is 5.10 Å². The van der Waals surface area contributed by atoms with Crippen molar-refractivity contribution in [2.75, 3.05) is 12.5 Å². The Morgan fingerprint density at radius 1 is 1.15 bits per heavy atom. The van der Waals surface area contributed by atoms with E-state index in [1.165, 1.54) is 18.6 Å². The van der Waals surface area contributed by atoms with Gasteiger partial charge in [-0.15, -0.1) is 0 Å². The van der Waals surface area contributed by atoms with Gasteiger partial charge in [-0.2, -0.15) is 10.2 Å². The number of nitrogens with zero attached hydrogens (tertiary/aromatic N) is 5. The SMILES string of the molecule is COc1cccc(-n2ncc3c(NN=Cc4ccccc4F)ncnc32)c1. The Morgan fingerprint density at radius 3 is 2.89 bits per heavy atom. The minimum atomic E-state index is -0.346. The predicted octanol–water partition coefficient (Wildman–Crippen LogP) is 3.41. The molecule has 0 unspecified atom stereocenters. The second-order valence-corrected chi connectivity index (χ2v) is 5.61. The van der Waals surface area contributed by atoms with E-state index in [-0.39, 0.29) is 5.82 Å². The number of hydrazone groups is 1. The summed E-state index contributed by atoms with van der Waals surface area (Å²) in [6.07, 6.45) is 4.47. The van der Waals surface area contributed by atoms with E-state index in [4.69, 9.17) is 4.74 Å². The van der Waals surface area contributed by atoms with E-state index in [0.29, 0.717) is 22.4 Å². The number of fused-ring (bicyclic) bond motifs is 1. The van der Waals surface area contributed by atoms with E-state index >= 15 is 0 Å². The van der Waals surface area contributed by atoms with Gasteiger partial charge in [-0.3, -0.25) is 5.43 Å². The van der Waals surface area contributed by atoms with Crippen LogP contribution in [0.4, 0.5) is 10.2 Å². The summed E-state index contributed by atoms with van der Waals surface area (Å²) in [5, 5.41) is 9.14. The zero-order valence-electron chi connectivity index (χ0n) is 14.4. The molecule has 0 fully saturated rings. The van der Waals surface area contributed by atoms with E-state index < -0.39 is 0 Å². The maximum absolute atomic E-state index is 13.7. The molecule has 2 heterocycles. The summed E-state index contributed by atoms with van der Waals surface area (Å²) in [4.78, 5) is 8.50. The van der Waals surface area contributed by atoms with Crippen LogP contribution < -0.4 is 10.2 Å². The standard InChI is InChI=1S/C19H15FN6O/c1-27-15-7-4-6-14(9-15)26-19-16(11-24-26)18(21-12-22-19)25-23-10-13-5-2-3-8-17(13)20/h2-12H,1H3,(H,21,22,25). The Bertz CT molecular complexity index is 1120. The summed E-state index contributed by atoms with van der Waals surface area (Å²) in [7, 11) is 1.61. The van der Waals surface area contributed by atoms with Crippen LogP contribution >= 0.6 is 0 Å². The molecule has 4 rings (SSSR count). The molecule has 4 aromatic rings. The Labute approximate surface area is 154 Å². The largest absolute Gasteiger partial charge is 0.497 e. The number of hydrogen-bond acceptors (Lipinski definition) is 6. The molecule has 2 aromatic carbocycles. The first kappa shape index (κ1) is 16.6. The fourth-order valence-corrected chi connectivity index (χ4v) is 2.61. The number of hydrogen-bond donors (Lipinski definition) is 1. The highest BCUT2D eigenvalue weighted by atomic mass is 19.1. The maximum Gasteiger partial charge on any atom is 0.168 e. The van der Waals surface area contributed by atoms with Crippen molar-refractivity contribution in [2.45, 2.75) is 0 Å². The molecule has 1 N–H and O–H groups in total. The van der Waals surface area contributed by atoms with E-state index in [2.05, 4.69) is 25.6 Å². The van der Waals surface area contributed by atoms with E-state index in [9.17, 15) is 4.39 Å². The van der Waals surface area contributed by atoms with Gasteiger partial charge in [0.15, 0.2) is 11.5 Å². The summed E-state index contributed by atoms with van der Waals surface area (Å²) in [5.74, 6) is 0.849. The Hall–Kier alpha value is -3.81. The lowest BCUT2D eigenvalue weighted by molar-refractivity contribution is 0.414. The highest BCUT2D eigenvalue weighted by Gasteiger charge is 2.11. The molecule has 2 aromatic heterocycles. The Kier molecular flexibility index (Phi) is 4.44. The summed E-state index contributed by atoms with van der Waals surface area (Å²) in [6.45, 7) is 0. The molecule has 0 aliphatic rings. The number of methoxy groups -OCH3 is 1. The normalized spacial score (nSPS) is 11.2. The smallest absolute Gasteiger partial charge is 0.168 e. The van der Waals surface area contributed by atoms with Gasteiger partial charge in [-0.1, -0.05) is 24.3 Å². The van der Waals surface area contributed by atoms with Crippen LogP contribution in [0.3, 0.4) is 0 Å². The summed E-state index contributed by atoms with van der Waals surface area (Å²) in [6, 6.07) is 13.9. The average molecular weight is 362 g/mol. The number of ether oxygens (including phenoxy) is 1. The highest BCUT2D eigenvalue weighted by Crippen LogP contribution is 2.23. The van der Waals surface area contributed by atoms with Gasteiger partial charge in [-0.25, -0.2) is 19.0 Å². The molecule has 0 radical (unpaired) electrons. The fourth-order valence-electron chi connectivity index (χ4n) is 2.61. The maximum atomic E-state index is 13.7. The lowest BCUT2D eigenvalue weighted by Gasteiger charge is -2.06. The molecule has 0 aliphatic carbocycles. The third-order valence-corrected chi connectivity index (χ3v) is 3.94. The van der Waals surface area contributed by atoms with Gasteiger partial charge in [0.05, 0.1) is 30.6 Å². The van der Waals surface area contributed by atoms with Gasteiger partial charge in [0, 0.05) is 11.6 Å². The van der Waals surface area contributed by atoms with Crippen molar-refractivity contribution in [1.82, 2.24) is 19.7 Å². The molecule has 0 bridgehead atoms. The molecule has 7 nitrogen and oxygen atoms in total. The van der Waals surface area contributed by atoms with Gasteiger partial charge >= 0.3 is 0 Å². The van der Waals surface area contributed by atoms with E-state index in [1.54, 1.807) is 36.2 Å². The number of benzene rings is 2. The Morgan fingerprint density at radius 2 is 2.04 bits per heavy atom. The summed E-state index contributed by atoms with van der Waals surface area (Å²) in [5.41, 5.74) is 4.62. The topological polar surface area (TPSA) is 77.2 Å². The summed E-state index contributed by atoms with van der Waals surface area (Å²) < 4.78 is 20.6. The number of halogens is 1. The van der Waals surface area contributed by atoms with Gasteiger partial charge < -0.3 is 4.74 Å². The molecule has 0 saturated carbocycles. The summed E-state index contributed by atoms with van der Waals surface area (Å²) >= 11 is 0. The van der Waals surface area contributed by atoms with E-state index in [1.807, 2.05) is 24.3 Å². The number of rotatable bonds is 5. The monoisotopic (exact) mass is 362 g/mol. The van der Waals surface area contributed by atoms with E-state index in [0.717, 1.165) is 11.4 Å². The van der Waals surface area contributed by atoms with Crippen LogP contribution in [0.15, 0.2) is 66.2 Å². The van der Waals surface area contributed by atoms with Crippen LogP contribution in [-0.4, -0.2) is 33.1 Å². The van der Waals surface area contributed by atoms with Gasteiger partial charge in [0.2, 0.25) is 0 Å². The first-order valence-electron chi connectivity index (χ1n) is 8.13. The molecule has 134 valence electrons. The zero-order chi connectivity index (χ0) is 18.6. The second kappa shape index (κ2) is 7.20. The number of nitrogens with one attached hydrogen (secondary N) is 1. The zero-order valence-corrected chi connectivity index (χ0v) is 14.4. The molecule has 0 aliphatic heterocycles. The lowest BCUT2D eigenvalue weighted by Crippen LogP contribution is -2.00. The minimum Gasteiger partial charge on any atom is -0.497 e. The van der Waals surface area contributed by atoms with Crippen molar-refractivity contribution >= 4 is 23.1 Å². The van der Waals surface area contributed by atoms with Crippen molar-refractivity contribution in [3.63, 3.8) is 0 Å². The van der Waals surface area contributed by atoms with Crippen LogP contribution in [0.1, 0.15) is 5.56 Å². The number of anilines is 1. The van der Waals surface area contributed by atoms with Gasteiger partial charge in [-0.05, 0) is 18.2 Å². The third kappa shape index (κ3) is 3.32. The predicted molar refractivity (Wildman–Crippen MR) is 101 cm³/mol. The quantitative estimate of drug-likeness (QED) is 0.435. The molecule has 8 heteroatoms. The first-order valence-corrected chi connectivity index (χ1v) is 8.13. The van der Waals surface area contributed by atoms with Crippen molar-refractivity contribution in [3.05, 3.63) is 72.4 Å². The molecular weight excluding hydrogens is 347 g/mol. The molecule has 0 spiro atoms. The van der Waals surface area contributed by atoms with Gasteiger partial charge in [0.25, 0.3) is 0 Å². The average Bonchev–Trinajstić information content (AvgIpc) is 3.14. The lowest BCUT2D eigenvalue weighted by atomic mass is 10.2. The fraction of sp³-hybridized carbons (Fsp3) is 0.0526. The van der Waals surface area contributed by atoms with Crippen LogP contribution in [0, 0.1) is 5.82 Å². The van der Waals surface area contributed by atoms with Crippen LogP contribution in [0.5, 0.6) is 5.75 Å². The van der Waals surface area contributed by atoms with Gasteiger partial charge in [0.1, 0.15) is 17.9 Å². The molecule has 0 amide bonds. The van der Waals surface area contributed by atoms with Crippen LogP contribution in [0.25, 0.3) is 16.7 Å². The highest BCUT2D eigenvalue weighted by molar-refractivity contribution is 5.88. The number of aromatic nitrogens is 4. The first-order chi connectivity index (χ1) is 13.3.